The average Bonchev–Trinajstić information content (AvgIpc) is 2.45. The quantitative estimate of drug-likeness (QED) is 0.791. The third-order valence-electron chi connectivity index (χ3n) is 2.76. The summed E-state index contributed by atoms with van der Waals surface area (Å²) in [6.07, 6.45) is -4.66. The number of nitriles is 1. The zero-order valence-corrected chi connectivity index (χ0v) is 10.6. The van der Waals surface area contributed by atoms with Crippen LogP contribution in [0.3, 0.4) is 0 Å². The summed E-state index contributed by atoms with van der Waals surface area (Å²) in [5, 5.41) is 8.66. The molecule has 0 aliphatic rings. The fourth-order valence-electron chi connectivity index (χ4n) is 1.72. The standard InChI is InChI=1S/C15H9F4NO/c16-13-4-2-1-3-11(13)9-21-14-6-5-10(8-20)7-12(14)15(17,18)19/h1-7H,9H2. The Bertz CT molecular complexity index is 689. The van der Waals surface area contributed by atoms with Crippen molar-refractivity contribution in [2.75, 3.05) is 0 Å². The van der Waals surface area contributed by atoms with Crippen LogP contribution in [-0.4, -0.2) is 0 Å². The summed E-state index contributed by atoms with van der Waals surface area (Å²) in [7, 11) is 0. The van der Waals surface area contributed by atoms with Crippen LogP contribution in [0.15, 0.2) is 42.5 Å². The number of benzene rings is 2. The molecule has 0 atom stereocenters. The van der Waals surface area contributed by atoms with Crippen LogP contribution in [0.4, 0.5) is 17.6 Å². The SMILES string of the molecule is N#Cc1ccc(OCc2ccccc2F)c(C(F)(F)F)c1. The lowest BCUT2D eigenvalue weighted by atomic mass is 10.1. The Kier molecular flexibility index (Phi) is 4.13. The molecule has 0 heterocycles. The molecule has 2 aromatic carbocycles. The van der Waals surface area contributed by atoms with Crippen molar-refractivity contribution in [3.63, 3.8) is 0 Å². The van der Waals surface area contributed by atoms with E-state index >= 15 is 0 Å². The number of nitrogens with zero attached hydrogens (tertiary/aromatic N) is 1. The third-order valence-corrected chi connectivity index (χ3v) is 2.76. The van der Waals surface area contributed by atoms with Gasteiger partial charge < -0.3 is 4.74 Å². The molecule has 0 saturated carbocycles. The summed E-state index contributed by atoms with van der Waals surface area (Å²) in [6, 6.07) is 10.3. The van der Waals surface area contributed by atoms with Crippen molar-refractivity contribution in [1.82, 2.24) is 0 Å². The first-order valence-electron chi connectivity index (χ1n) is 5.89. The van der Waals surface area contributed by atoms with Crippen molar-refractivity contribution in [2.24, 2.45) is 0 Å². The van der Waals surface area contributed by atoms with Crippen molar-refractivity contribution in [2.45, 2.75) is 12.8 Å². The minimum atomic E-state index is -4.66. The number of hydrogen-bond acceptors (Lipinski definition) is 2. The fraction of sp³-hybridized carbons (Fsp3) is 0.133. The minimum Gasteiger partial charge on any atom is -0.488 e. The van der Waals surface area contributed by atoms with E-state index < -0.39 is 23.3 Å². The molecule has 2 aromatic rings. The molecule has 6 heteroatoms. The van der Waals surface area contributed by atoms with E-state index in [4.69, 9.17) is 10.00 Å². The molecule has 0 spiro atoms. The number of halogens is 4. The summed E-state index contributed by atoms with van der Waals surface area (Å²) in [4.78, 5) is 0. The first-order valence-corrected chi connectivity index (χ1v) is 5.89. The lowest BCUT2D eigenvalue weighted by molar-refractivity contribution is -0.139. The van der Waals surface area contributed by atoms with E-state index in [9.17, 15) is 17.6 Å². The van der Waals surface area contributed by atoms with Gasteiger partial charge in [-0.05, 0) is 24.3 Å². The highest BCUT2D eigenvalue weighted by atomic mass is 19.4. The Morgan fingerprint density at radius 3 is 2.43 bits per heavy atom. The Hall–Kier alpha value is -2.55. The topological polar surface area (TPSA) is 33.0 Å². The van der Waals surface area contributed by atoms with E-state index in [1.54, 1.807) is 12.1 Å². The molecule has 21 heavy (non-hydrogen) atoms. The molecular weight excluding hydrogens is 286 g/mol. The monoisotopic (exact) mass is 295 g/mol. The van der Waals surface area contributed by atoms with Crippen LogP contribution in [0, 0.1) is 17.1 Å². The first-order chi connectivity index (χ1) is 9.91. The van der Waals surface area contributed by atoms with E-state index in [0.717, 1.165) is 6.07 Å². The molecule has 0 saturated heterocycles. The highest BCUT2D eigenvalue weighted by Gasteiger charge is 2.34. The van der Waals surface area contributed by atoms with Gasteiger partial charge in [-0.1, -0.05) is 18.2 Å². The molecule has 0 radical (unpaired) electrons. The zero-order valence-electron chi connectivity index (χ0n) is 10.6. The third kappa shape index (κ3) is 3.51. The highest BCUT2D eigenvalue weighted by molar-refractivity contribution is 5.43. The molecule has 0 N–H and O–H groups in total. The predicted molar refractivity (Wildman–Crippen MR) is 66.9 cm³/mol. The van der Waals surface area contributed by atoms with Gasteiger partial charge in [0.05, 0.1) is 17.2 Å². The Morgan fingerprint density at radius 1 is 1.10 bits per heavy atom. The Labute approximate surface area is 118 Å². The van der Waals surface area contributed by atoms with Gasteiger partial charge in [0.1, 0.15) is 18.2 Å². The van der Waals surface area contributed by atoms with Gasteiger partial charge in [0, 0.05) is 5.56 Å². The fourth-order valence-corrected chi connectivity index (χ4v) is 1.72. The van der Waals surface area contributed by atoms with E-state index in [1.807, 2.05) is 0 Å². The molecule has 0 aliphatic carbocycles. The van der Waals surface area contributed by atoms with Gasteiger partial charge in [-0.3, -0.25) is 0 Å². The molecular formula is C15H9F4NO. The highest BCUT2D eigenvalue weighted by Crippen LogP contribution is 2.37. The second-order valence-corrected chi connectivity index (χ2v) is 4.20. The van der Waals surface area contributed by atoms with Crippen molar-refractivity contribution < 1.29 is 22.3 Å². The van der Waals surface area contributed by atoms with E-state index in [0.29, 0.717) is 6.07 Å². The smallest absolute Gasteiger partial charge is 0.420 e. The number of alkyl halides is 3. The molecule has 0 aromatic heterocycles. The maximum atomic E-state index is 13.4. The van der Waals surface area contributed by atoms with Gasteiger partial charge >= 0.3 is 6.18 Å². The van der Waals surface area contributed by atoms with Gasteiger partial charge in [0.2, 0.25) is 0 Å². The van der Waals surface area contributed by atoms with Crippen molar-refractivity contribution >= 4 is 0 Å². The largest absolute Gasteiger partial charge is 0.488 e. The normalized spacial score (nSPS) is 11.0. The number of rotatable bonds is 3. The van der Waals surface area contributed by atoms with Crippen LogP contribution in [0.25, 0.3) is 0 Å². The minimum absolute atomic E-state index is 0.124. The van der Waals surface area contributed by atoms with Gasteiger partial charge in [0.25, 0.3) is 0 Å². The summed E-state index contributed by atoms with van der Waals surface area (Å²) in [5.74, 6) is -0.996. The van der Waals surface area contributed by atoms with Crippen LogP contribution in [0.1, 0.15) is 16.7 Å². The van der Waals surface area contributed by atoms with Gasteiger partial charge in [-0.2, -0.15) is 18.4 Å². The molecule has 0 unspecified atom stereocenters. The summed E-state index contributed by atoms with van der Waals surface area (Å²) in [6.45, 7) is -0.332. The molecule has 0 aliphatic heterocycles. The summed E-state index contributed by atoms with van der Waals surface area (Å²) >= 11 is 0. The van der Waals surface area contributed by atoms with Gasteiger partial charge in [0.15, 0.2) is 0 Å². The first kappa shape index (κ1) is 14.9. The van der Waals surface area contributed by atoms with Crippen molar-refractivity contribution in [1.29, 1.82) is 5.26 Å². The lowest BCUT2D eigenvalue weighted by Gasteiger charge is -2.14. The molecule has 0 amide bonds. The lowest BCUT2D eigenvalue weighted by Crippen LogP contribution is -2.09. The maximum Gasteiger partial charge on any atom is 0.420 e. The van der Waals surface area contributed by atoms with E-state index in [-0.39, 0.29) is 17.7 Å². The van der Waals surface area contributed by atoms with Gasteiger partial charge in [-0.25, -0.2) is 4.39 Å². The predicted octanol–water partition coefficient (Wildman–Crippen LogP) is 4.30. The van der Waals surface area contributed by atoms with Crippen LogP contribution in [0.5, 0.6) is 5.75 Å². The molecule has 0 bridgehead atoms. The van der Waals surface area contributed by atoms with Crippen LogP contribution < -0.4 is 4.74 Å². The molecule has 0 fully saturated rings. The number of hydrogen-bond donors (Lipinski definition) is 0. The maximum absolute atomic E-state index is 13.4. The Morgan fingerprint density at radius 2 is 1.81 bits per heavy atom. The average molecular weight is 295 g/mol. The zero-order chi connectivity index (χ0) is 15.5. The second-order valence-electron chi connectivity index (χ2n) is 4.20. The van der Waals surface area contributed by atoms with E-state index in [2.05, 4.69) is 0 Å². The van der Waals surface area contributed by atoms with Crippen molar-refractivity contribution in [3.8, 4) is 11.8 Å². The molecule has 2 rings (SSSR count). The van der Waals surface area contributed by atoms with Crippen LogP contribution in [0.2, 0.25) is 0 Å². The van der Waals surface area contributed by atoms with Gasteiger partial charge in [-0.15, -0.1) is 0 Å². The molecule has 2 nitrogen and oxygen atoms in total. The second kappa shape index (κ2) is 5.83. The summed E-state index contributed by atoms with van der Waals surface area (Å²) in [5.41, 5.74) is -1.03. The summed E-state index contributed by atoms with van der Waals surface area (Å²) < 4.78 is 57.2. The van der Waals surface area contributed by atoms with E-state index in [1.165, 1.54) is 24.3 Å². The molecule has 108 valence electrons. The number of ether oxygens (including phenoxy) is 1. The Balaban J connectivity index is 2.28. The van der Waals surface area contributed by atoms with Crippen LogP contribution >= 0.6 is 0 Å². The van der Waals surface area contributed by atoms with Crippen LogP contribution in [-0.2, 0) is 12.8 Å². The van der Waals surface area contributed by atoms with Crippen molar-refractivity contribution in [3.05, 3.63) is 65.0 Å².